The number of likely N-dealkylation sites (N-methyl/N-ethyl adjacent to an activating group) is 1. The van der Waals surface area contributed by atoms with E-state index in [-0.39, 0.29) is 30.2 Å². The molecule has 126 valence electrons. The lowest BCUT2D eigenvalue weighted by Gasteiger charge is -2.26. The third-order valence-electron chi connectivity index (χ3n) is 5.48. The van der Waals surface area contributed by atoms with E-state index in [0.717, 1.165) is 25.7 Å². The maximum atomic E-state index is 13.7. The minimum atomic E-state index is -0.440. The van der Waals surface area contributed by atoms with Crippen LogP contribution in [0.5, 0.6) is 5.75 Å². The monoisotopic (exact) mass is 321 g/mol. The highest BCUT2D eigenvalue weighted by atomic mass is 19.1. The maximum absolute atomic E-state index is 13.7. The van der Waals surface area contributed by atoms with Crippen LogP contribution in [-0.4, -0.2) is 42.2 Å². The zero-order chi connectivity index (χ0) is 16.6. The number of halogens is 1. The Morgan fingerprint density at radius 2 is 1.96 bits per heavy atom. The van der Waals surface area contributed by atoms with Gasteiger partial charge in [0.05, 0.1) is 19.6 Å². The van der Waals surface area contributed by atoms with E-state index in [1.54, 1.807) is 12.1 Å². The molecule has 1 amide bonds. The zero-order valence-corrected chi connectivity index (χ0v) is 13.7. The van der Waals surface area contributed by atoms with E-state index in [1.165, 1.54) is 13.2 Å². The highest BCUT2D eigenvalue weighted by Gasteiger charge is 2.42. The lowest BCUT2D eigenvalue weighted by atomic mass is 10.0. The molecular formula is C18H24FNO3. The average Bonchev–Trinajstić information content (AvgIpc) is 3.03. The SMILES string of the molecule is COc1ccc(CC(=O)N(C)C2C[C@H]3CC(O)C[C@H]3C2)cc1F. The molecule has 0 heterocycles. The van der Waals surface area contributed by atoms with Crippen molar-refractivity contribution in [1.82, 2.24) is 4.90 Å². The number of nitrogens with zero attached hydrogens (tertiary/aromatic N) is 1. The number of methoxy groups -OCH3 is 1. The van der Waals surface area contributed by atoms with Gasteiger partial charge in [0, 0.05) is 13.1 Å². The molecule has 0 bridgehead atoms. The van der Waals surface area contributed by atoms with Crippen molar-refractivity contribution >= 4 is 5.91 Å². The summed E-state index contributed by atoms with van der Waals surface area (Å²) in [5.74, 6) is 0.856. The fourth-order valence-electron chi connectivity index (χ4n) is 4.19. The number of rotatable bonds is 4. The zero-order valence-electron chi connectivity index (χ0n) is 13.7. The van der Waals surface area contributed by atoms with E-state index < -0.39 is 5.82 Å². The van der Waals surface area contributed by atoms with Crippen LogP contribution in [0.15, 0.2) is 18.2 Å². The summed E-state index contributed by atoms with van der Waals surface area (Å²) in [6.07, 6.45) is 3.72. The number of benzene rings is 1. The van der Waals surface area contributed by atoms with Crippen molar-refractivity contribution in [3.8, 4) is 5.75 Å². The third-order valence-corrected chi connectivity index (χ3v) is 5.48. The molecule has 23 heavy (non-hydrogen) atoms. The predicted octanol–water partition coefficient (Wildman–Crippen LogP) is 2.38. The summed E-state index contributed by atoms with van der Waals surface area (Å²) in [6.45, 7) is 0. The largest absolute Gasteiger partial charge is 0.494 e. The number of amides is 1. The van der Waals surface area contributed by atoms with Crippen LogP contribution in [0.2, 0.25) is 0 Å². The molecule has 1 N–H and O–H groups in total. The Morgan fingerprint density at radius 1 is 1.30 bits per heavy atom. The van der Waals surface area contributed by atoms with Crippen molar-refractivity contribution in [2.24, 2.45) is 11.8 Å². The molecule has 0 saturated heterocycles. The predicted molar refractivity (Wildman–Crippen MR) is 84.7 cm³/mol. The van der Waals surface area contributed by atoms with Gasteiger partial charge >= 0.3 is 0 Å². The Hall–Kier alpha value is -1.62. The van der Waals surface area contributed by atoms with Crippen LogP contribution in [-0.2, 0) is 11.2 Å². The summed E-state index contributed by atoms with van der Waals surface area (Å²) in [5.41, 5.74) is 0.661. The molecule has 5 heteroatoms. The molecule has 2 aliphatic rings. The quantitative estimate of drug-likeness (QED) is 0.926. The topological polar surface area (TPSA) is 49.8 Å². The first-order valence-electron chi connectivity index (χ1n) is 8.24. The number of carbonyl (C=O) groups is 1. The van der Waals surface area contributed by atoms with E-state index in [9.17, 15) is 14.3 Å². The number of hydrogen-bond acceptors (Lipinski definition) is 3. The second kappa shape index (κ2) is 6.48. The Balaban J connectivity index is 1.59. The summed E-state index contributed by atoms with van der Waals surface area (Å²) in [4.78, 5) is 14.3. The standard InChI is InChI=1S/C18H24FNO3/c1-20(14-7-12-9-15(21)10-13(12)8-14)18(22)6-11-3-4-17(23-2)16(19)5-11/h3-5,12-15,21H,6-10H2,1-2H3/t12-,13+,14?,15?. The average molecular weight is 321 g/mol. The Bertz CT molecular complexity index is 578. The first-order valence-corrected chi connectivity index (χ1v) is 8.24. The minimum Gasteiger partial charge on any atom is -0.494 e. The van der Waals surface area contributed by atoms with E-state index in [1.807, 2.05) is 11.9 Å². The van der Waals surface area contributed by atoms with Gasteiger partial charge in [-0.15, -0.1) is 0 Å². The van der Waals surface area contributed by atoms with Crippen LogP contribution in [0.4, 0.5) is 4.39 Å². The van der Waals surface area contributed by atoms with Crippen molar-refractivity contribution in [2.45, 2.75) is 44.2 Å². The summed E-state index contributed by atoms with van der Waals surface area (Å²) in [5, 5.41) is 9.71. The maximum Gasteiger partial charge on any atom is 0.226 e. The Morgan fingerprint density at radius 3 is 2.52 bits per heavy atom. The van der Waals surface area contributed by atoms with Gasteiger partial charge < -0.3 is 14.7 Å². The lowest BCUT2D eigenvalue weighted by molar-refractivity contribution is -0.131. The number of hydrogen-bond donors (Lipinski definition) is 1. The number of ether oxygens (including phenoxy) is 1. The first-order chi connectivity index (χ1) is 11.0. The van der Waals surface area contributed by atoms with Gasteiger partial charge in [0.25, 0.3) is 0 Å². The highest BCUT2D eigenvalue weighted by Crippen LogP contribution is 2.45. The number of carbonyl (C=O) groups excluding carboxylic acids is 1. The molecule has 3 rings (SSSR count). The second-order valence-electron chi connectivity index (χ2n) is 6.92. The molecule has 2 aliphatic carbocycles. The van der Waals surface area contributed by atoms with Crippen LogP contribution >= 0.6 is 0 Å². The molecule has 2 saturated carbocycles. The van der Waals surface area contributed by atoms with E-state index >= 15 is 0 Å². The van der Waals surface area contributed by atoms with Gasteiger partial charge in [-0.05, 0) is 55.2 Å². The number of aliphatic hydroxyl groups excluding tert-OH is 1. The number of fused-ring (bicyclic) bond motifs is 1. The molecule has 1 aromatic rings. The van der Waals surface area contributed by atoms with Crippen LogP contribution in [0.1, 0.15) is 31.2 Å². The Labute approximate surface area is 136 Å². The van der Waals surface area contributed by atoms with Crippen LogP contribution in [0.25, 0.3) is 0 Å². The van der Waals surface area contributed by atoms with Gasteiger partial charge in [-0.25, -0.2) is 4.39 Å². The van der Waals surface area contributed by atoms with Crippen molar-refractivity contribution in [3.63, 3.8) is 0 Å². The summed E-state index contributed by atoms with van der Waals surface area (Å²) >= 11 is 0. The van der Waals surface area contributed by atoms with E-state index in [0.29, 0.717) is 17.4 Å². The third kappa shape index (κ3) is 3.34. The van der Waals surface area contributed by atoms with Gasteiger partial charge in [0.2, 0.25) is 5.91 Å². The van der Waals surface area contributed by atoms with Crippen LogP contribution in [0.3, 0.4) is 0 Å². The minimum absolute atomic E-state index is 0.0140. The molecule has 2 fully saturated rings. The van der Waals surface area contributed by atoms with Gasteiger partial charge in [-0.2, -0.15) is 0 Å². The number of aliphatic hydroxyl groups is 1. The van der Waals surface area contributed by atoms with Crippen molar-refractivity contribution in [1.29, 1.82) is 0 Å². The molecular weight excluding hydrogens is 297 g/mol. The molecule has 2 unspecified atom stereocenters. The molecule has 4 nitrogen and oxygen atoms in total. The van der Waals surface area contributed by atoms with Crippen molar-refractivity contribution in [2.75, 3.05) is 14.2 Å². The Kier molecular flexibility index (Phi) is 4.57. The molecule has 4 atom stereocenters. The summed E-state index contributed by atoms with van der Waals surface area (Å²) in [7, 11) is 3.26. The van der Waals surface area contributed by atoms with Crippen LogP contribution in [0, 0.1) is 17.7 Å². The van der Waals surface area contributed by atoms with E-state index in [2.05, 4.69) is 0 Å². The second-order valence-corrected chi connectivity index (χ2v) is 6.92. The lowest BCUT2D eigenvalue weighted by Crippen LogP contribution is -2.37. The smallest absolute Gasteiger partial charge is 0.226 e. The van der Waals surface area contributed by atoms with Gasteiger partial charge in [0.15, 0.2) is 11.6 Å². The van der Waals surface area contributed by atoms with Gasteiger partial charge in [-0.1, -0.05) is 6.07 Å². The van der Waals surface area contributed by atoms with Crippen molar-refractivity contribution in [3.05, 3.63) is 29.6 Å². The fraction of sp³-hybridized carbons (Fsp3) is 0.611. The molecule has 1 aromatic carbocycles. The van der Waals surface area contributed by atoms with Gasteiger partial charge in [0.1, 0.15) is 0 Å². The molecule has 0 aliphatic heterocycles. The van der Waals surface area contributed by atoms with Gasteiger partial charge in [-0.3, -0.25) is 4.79 Å². The first kappa shape index (κ1) is 16.2. The fourth-order valence-corrected chi connectivity index (χ4v) is 4.19. The molecule has 0 radical (unpaired) electrons. The molecule has 0 aromatic heterocycles. The highest BCUT2D eigenvalue weighted by molar-refractivity contribution is 5.79. The van der Waals surface area contributed by atoms with Crippen molar-refractivity contribution < 1.29 is 19.0 Å². The van der Waals surface area contributed by atoms with E-state index in [4.69, 9.17) is 4.74 Å². The summed E-state index contributed by atoms with van der Waals surface area (Å²) < 4.78 is 18.6. The molecule has 0 spiro atoms. The normalized spacial score (nSPS) is 29.4. The van der Waals surface area contributed by atoms with Crippen LogP contribution < -0.4 is 4.74 Å². The summed E-state index contributed by atoms with van der Waals surface area (Å²) in [6, 6.07) is 4.89.